The molecule has 0 heterocycles. The maximum absolute atomic E-state index is 5.98. The first-order valence-electron chi connectivity index (χ1n) is 7.16. The van der Waals surface area contributed by atoms with Crippen LogP contribution in [0.5, 0.6) is 11.5 Å². The number of ether oxygens (including phenoxy) is 2. The lowest BCUT2D eigenvalue weighted by molar-refractivity contribution is 0.207. The summed E-state index contributed by atoms with van der Waals surface area (Å²) in [6.45, 7) is 5.64. The van der Waals surface area contributed by atoms with E-state index in [1.807, 2.05) is 25.1 Å². The van der Waals surface area contributed by atoms with Gasteiger partial charge in [0.15, 0.2) is 0 Å². The van der Waals surface area contributed by atoms with E-state index in [4.69, 9.17) is 9.47 Å². The molecule has 0 aliphatic heterocycles. The normalized spacial score (nSPS) is 16.6. The van der Waals surface area contributed by atoms with Gasteiger partial charge < -0.3 is 9.47 Å². The fourth-order valence-electron chi connectivity index (χ4n) is 2.62. The van der Waals surface area contributed by atoms with E-state index in [1.165, 1.54) is 32.1 Å². The van der Waals surface area contributed by atoms with Crippen LogP contribution in [0.25, 0.3) is 0 Å². The minimum Gasteiger partial charge on any atom is -0.493 e. The van der Waals surface area contributed by atoms with Gasteiger partial charge in [0.1, 0.15) is 11.5 Å². The van der Waals surface area contributed by atoms with Crippen LogP contribution in [0.2, 0.25) is 0 Å². The van der Waals surface area contributed by atoms with Crippen molar-refractivity contribution < 1.29 is 9.47 Å². The Morgan fingerprint density at radius 1 is 1.06 bits per heavy atom. The molecule has 2 nitrogen and oxygen atoms in total. The first-order valence-corrected chi connectivity index (χ1v) is 7.16. The van der Waals surface area contributed by atoms with Crippen molar-refractivity contribution in [2.45, 2.75) is 46.0 Å². The van der Waals surface area contributed by atoms with Crippen LogP contribution in [0.4, 0.5) is 0 Å². The van der Waals surface area contributed by atoms with Crippen LogP contribution in [0, 0.1) is 12.8 Å². The largest absolute Gasteiger partial charge is 0.493 e. The molecule has 1 aliphatic carbocycles. The Morgan fingerprint density at radius 3 is 2.39 bits per heavy atom. The SMILES string of the molecule is CCOc1cccc(OCC2CCCCC2)c1C. The highest BCUT2D eigenvalue weighted by Crippen LogP contribution is 2.29. The molecule has 1 saturated carbocycles. The van der Waals surface area contributed by atoms with Crippen molar-refractivity contribution in [3.05, 3.63) is 23.8 Å². The summed E-state index contributed by atoms with van der Waals surface area (Å²) in [5, 5.41) is 0. The van der Waals surface area contributed by atoms with Crippen molar-refractivity contribution in [2.75, 3.05) is 13.2 Å². The number of hydrogen-bond acceptors (Lipinski definition) is 2. The Labute approximate surface area is 110 Å². The molecule has 0 saturated heterocycles. The van der Waals surface area contributed by atoms with Gasteiger partial charge in [-0.05, 0) is 44.7 Å². The zero-order valence-corrected chi connectivity index (χ0v) is 11.6. The predicted octanol–water partition coefficient (Wildman–Crippen LogP) is 4.35. The third kappa shape index (κ3) is 3.41. The van der Waals surface area contributed by atoms with Crippen molar-refractivity contribution in [2.24, 2.45) is 5.92 Å². The quantitative estimate of drug-likeness (QED) is 0.771. The summed E-state index contributed by atoms with van der Waals surface area (Å²) in [6, 6.07) is 6.06. The van der Waals surface area contributed by atoms with Crippen molar-refractivity contribution >= 4 is 0 Å². The van der Waals surface area contributed by atoms with E-state index >= 15 is 0 Å². The van der Waals surface area contributed by atoms with Gasteiger partial charge in [-0.15, -0.1) is 0 Å². The molecule has 18 heavy (non-hydrogen) atoms. The number of rotatable bonds is 5. The maximum atomic E-state index is 5.98. The monoisotopic (exact) mass is 248 g/mol. The zero-order valence-electron chi connectivity index (χ0n) is 11.6. The second-order valence-corrected chi connectivity index (χ2v) is 5.13. The topological polar surface area (TPSA) is 18.5 Å². The van der Waals surface area contributed by atoms with E-state index in [0.717, 1.165) is 29.6 Å². The lowest BCUT2D eigenvalue weighted by Gasteiger charge is -2.22. The van der Waals surface area contributed by atoms with Gasteiger partial charge in [0.05, 0.1) is 13.2 Å². The lowest BCUT2D eigenvalue weighted by atomic mass is 9.90. The molecular weight excluding hydrogens is 224 g/mol. The minimum atomic E-state index is 0.701. The fourth-order valence-corrected chi connectivity index (χ4v) is 2.62. The highest BCUT2D eigenvalue weighted by molar-refractivity contribution is 5.43. The highest BCUT2D eigenvalue weighted by atomic mass is 16.5. The Bertz CT molecular complexity index is 367. The van der Waals surface area contributed by atoms with Crippen molar-refractivity contribution in [3.63, 3.8) is 0 Å². The molecule has 0 aromatic heterocycles. The molecule has 0 N–H and O–H groups in total. The molecule has 0 radical (unpaired) electrons. The Morgan fingerprint density at radius 2 is 1.72 bits per heavy atom. The number of benzene rings is 1. The summed E-state index contributed by atoms with van der Waals surface area (Å²) >= 11 is 0. The van der Waals surface area contributed by atoms with Gasteiger partial charge in [0.2, 0.25) is 0 Å². The van der Waals surface area contributed by atoms with Crippen LogP contribution in [0.15, 0.2) is 18.2 Å². The molecule has 1 fully saturated rings. The van der Waals surface area contributed by atoms with E-state index in [-0.39, 0.29) is 0 Å². The van der Waals surface area contributed by atoms with Gasteiger partial charge in [-0.25, -0.2) is 0 Å². The Kier molecular flexibility index (Phi) is 4.91. The summed E-state index contributed by atoms with van der Waals surface area (Å²) < 4.78 is 11.6. The van der Waals surface area contributed by atoms with Crippen LogP contribution in [0.3, 0.4) is 0 Å². The molecule has 0 atom stereocenters. The molecule has 0 amide bonds. The van der Waals surface area contributed by atoms with Gasteiger partial charge in [-0.1, -0.05) is 25.3 Å². The van der Waals surface area contributed by atoms with E-state index in [0.29, 0.717) is 6.61 Å². The summed E-state index contributed by atoms with van der Waals surface area (Å²) in [4.78, 5) is 0. The van der Waals surface area contributed by atoms with Crippen LogP contribution in [-0.2, 0) is 0 Å². The Balaban J connectivity index is 1.93. The van der Waals surface area contributed by atoms with Crippen LogP contribution in [-0.4, -0.2) is 13.2 Å². The molecule has 2 rings (SSSR count). The standard InChI is InChI=1S/C16H24O2/c1-3-17-15-10-7-11-16(13(15)2)18-12-14-8-5-4-6-9-14/h7,10-11,14H,3-6,8-9,12H2,1-2H3. The molecule has 100 valence electrons. The lowest BCUT2D eigenvalue weighted by Crippen LogP contribution is -2.15. The molecule has 0 spiro atoms. The third-order valence-corrected chi connectivity index (χ3v) is 3.73. The van der Waals surface area contributed by atoms with Gasteiger partial charge in [0, 0.05) is 5.56 Å². The predicted molar refractivity (Wildman–Crippen MR) is 74.4 cm³/mol. The van der Waals surface area contributed by atoms with Crippen LogP contribution < -0.4 is 9.47 Å². The molecule has 0 unspecified atom stereocenters. The van der Waals surface area contributed by atoms with Crippen LogP contribution in [0.1, 0.15) is 44.6 Å². The molecule has 2 heteroatoms. The van der Waals surface area contributed by atoms with Gasteiger partial charge in [-0.3, -0.25) is 0 Å². The smallest absolute Gasteiger partial charge is 0.125 e. The second-order valence-electron chi connectivity index (χ2n) is 5.13. The van der Waals surface area contributed by atoms with E-state index in [1.54, 1.807) is 0 Å². The summed E-state index contributed by atoms with van der Waals surface area (Å²) in [7, 11) is 0. The third-order valence-electron chi connectivity index (χ3n) is 3.73. The van der Waals surface area contributed by atoms with E-state index < -0.39 is 0 Å². The zero-order chi connectivity index (χ0) is 12.8. The molecule has 1 aliphatic rings. The van der Waals surface area contributed by atoms with Gasteiger partial charge in [-0.2, -0.15) is 0 Å². The summed E-state index contributed by atoms with van der Waals surface area (Å²) in [5.74, 6) is 2.67. The molecular formula is C16H24O2. The average molecular weight is 248 g/mol. The fraction of sp³-hybridized carbons (Fsp3) is 0.625. The molecule has 1 aromatic rings. The minimum absolute atomic E-state index is 0.701. The van der Waals surface area contributed by atoms with Crippen LogP contribution >= 0.6 is 0 Å². The van der Waals surface area contributed by atoms with Crippen molar-refractivity contribution in [1.29, 1.82) is 0 Å². The van der Waals surface area contributed by atoms with Crippen molar-refractivity contribution in [3.8, 4) is 11.5 Å². The van der Waals surface area contributed by atoms with E-state index in [2.05, 4.69) is 6.92 Å². The average Bonchev–Trinajstić information content (AvgIpc) is 2.41. The van der Waals surface area contributed by atoms with Gasteiger partial charge >= 0.3 is 0 Å². The van der Waals surface area contributed by atoms with Crippen molar-refractivity contribution in [1.82, 2.24) is 0 Å². The highest BCUT2D eigenvalue weighted by Gasteiger charge is 2.15. The van der Waals surface area contributed by atoms with Gasteiger partial charge in [0.25, 0.3) is 0 Å². The number of hydrogen-bond donors (Lipinski definition) is 0. The first-order chi connectivity index (χ1) is 8.81. The van der Waals surface area contributed by atoms with E-state index in [9.17, 15) is 0 Å². The maximum Gasteiger partial charge on any atom is 0.125 e. The molecule has 1 aromatic carbocycles. The second kappa shape index (κ2) is 6.67. The summed E-state index contributed by atoms with van der Waals surface area (Å²) in [5.41, 5.74) is 1.12. The first kappa shape index (κ1) is 13.3. The summed E-state index contributed by atoms with van der Waals surface area (Å²) in [6.07, 6.45) is 6.78. The Hall–Kier alpha value is -1.18. The molecule has 0 bridgehead atoms.